The van der Waals surface area contributed by atoms with Gasteiger partial charge in [-0.1, -0.05) is 121 Å². The van der Waals surface area contributed by atoms with E-state index in [1.165, 1.54) is 7.11 Å². The Morgan fingerprint density at radius 3 is 1.41 bits per heavy atom. The largest absolute Gasteiger partial charge is 0.504 e. The Morgan fingerprint density at radius 2 is 0.968 bits per heavy atom. The minimum absolute atomic E-state index is 0.0261. The van der Waals surface area contributed by atoms with Gasteiger partial charge in [-0.25, -0.2) is 9.59 Å². The molecular weight excluding hydrogens is 813 g/mol. The Kier molecular flexibility index (Phi) is 13.0. The van der Waals surface area contributed by atoms with Gasteiger partial charge in [0.1, 0.15) is 38.1 Å². The maximum Gasteiger partial charge on any atom is 0.339 e. The molecular formula is C49H44O14. The second kappa shape index (κ2) is 19.3. The highest BCUT2D eigenvalue weighted by Crippen LogP contribution is 2.54. The molecule has 0 saturated carbocycles. The van der Waals surface area contributed by atoms with Crippen LogP contribution in [0.3, 0.4) is 0 Å². The van der Waals surface area contributed by atoms with Crippen LogP contribution in [-0.4, -0.2) is 76.8 Å². The number of aromatic hydroxyl groups is 4. The number of hydrogen-bond donors (Lipinski definition) is 4. The molecule has 4 N–H and O–H groups in total. The lowest BCUT2D eigenvalue weighted by Crippen LogP contribution is -2.62. The molecule has 2 heterocycles. The summed E-state index contributed by atoms with van der Waals surface area (Å²) in [6.07, 6.45) is -5.95. The van der Waals surface area contributed by atoms with E-state index in [0.717, 1.165) is 23.3 Å². The number of hydrogen-bond acceptors (Lipinski definition) is 14. The highest BCUT2D eigenvalue weighted by molar-refractivity contribution is 6.08. The van der Waals surface area contributed by atoms with Crippen LogP contribution in [0, 0.1) is 0 Å². The van der Waals surface area contributed by atoms with Crippen molar-refractivity contribution < 1.29 is 67.9 Å². The second-order valence-electron chi connectivity index (χ2n) is 14.8. The SMILES string of the molecule is CO[C@@H]1OC2COC(=O)c3cc(O)c(OCc4ccccc4)c(O)c3-c3c(cc(O)c(OCc4ccccc4)c3O)C(=O)O[C@H]2C(OCc2ccccc2)C1OCc1ccccc1. The van der Waals surface area contributed by atoms with E-state index in [0.29, 0.717) is 11.1 Å². The molecule has 0 aliphatic carbocycles. The van der Waals surface area contributed by atoms with Crippen molar-refractivity contribution >= 4 is 11.9 Å². The average molecular weight is 857 g/mol. The summed E-state index contributed by atoms with van der Waals surface area (Å²) in [4.78, 5) is 29.2. The number of phenols is 4. The number of rotatable bonds is 13. The molecule has 2 aliphatic heterocycles. The molecule has 63 heavy (non-hydrogen) atoms. The van der Waals surface area contributed by atoms with E-state index < -0.39 is 106 Å². The van der Waals surface area contributed by atoms with Crippen molar-refractivity contribution in [3.63, 3.8) is 0 Å². The first kappa shape index (κ1) is 42.6. The Morgan fingerprint density at radius 1 is 0.556 bits per heavy atom. The fraction of sp³-hybridized carbons (Fsp3) is 0.224. The van der Waals surface area contributed by atoms with Crippen LogP contribution in [0.4, 0.5) is 0 Å². The van der Waals surface area contributed by atoms with Gasteiger partial charge in [0.2, 0.25) is 11.5 Å². The molecule has 8 rings (SSSR count). The molecule has 5 atom stereocenters. The van der Waals surface area contributed by atoms with Crippen molar-refractivity contribution in [3.8, 4) is 45.6 Å². The lowest BCUT2D eigenvalue weighted by atomic mass is 9.91. The van der Waals surface area contributed by atoms with E-state index in [4.69, 9.17) is 37.9 Å². The number of benzene rings is 6. The van der Waals surface area contributed by atoms with E-state index in [1.54, 1.807) is 60.7 Å². The Bertz CT molecular complexity index is 2520. The van der Waals surface area contributed by atoms with Gasteiger partial charge >= 0.3 is 11.9 Å². The van der Waals surface area contributed by atoms with Crippen LogP contribution >= 0.6 is 0 Å². The van der Waals surface area contributed by atoms with Crippen molar-refractivity contribution in [1.29, 1.82) is 0 Å². The number of esters is 2. The van der Waals surface area contributed by atoms with Gasteiger partial charge in [-0.3, -0.25) is 0 Å². The number of carbonyl (C=O) groups is 2. The van der Waals surface area contributed by atoms with Gasteiger partial charge in [-0.2, -0.15) is 0 Å². The molecule has 0 bridgehead atoms. The third kappa shape index (κ3) is 9.39. The summed E-state index contributed by atoms with van der Waals surface area (Å²) in [5.41, 5.74) is 0.956. The first-order valence-electron chi connectivity index (χ1n) is 20.1. The molecule has 6 aromatic rings. The molecule has 0 amide bonds. The summed E-state index contributed by atoms with van der Waals surface area (Å²) < 4.78 is 49.0. The van der Waals surface area contributed by atoms with Crippen molar-refractivity contribution in [1.82, 2.24) is 0 Å². The molecule has 0 aromatic heterocycles. The van der Waals surface area contributed by atoms with E-state index in [9.17, 15) is 30.0 Å². The molecule has 324 valence electrons. The van der Waals surface area contributed by atoms with Gasteiger partial charge in [0.25, 0.3) is 0 Å². The predicted molar refractivity (Wildman–Crippen MR) is 225 cm³/mol. The molecule has 1 saturated heterocycles. The summed E-state index contributed by atoms with van der Waals surface area (Å²) in [5, 5.41) is 46.9. The first-order valence-corrected chi connectivity index (χ1v) is 20.1. The van der Waals surface area contributed by atoms with Crippen molar-refractivity contribution in [2.24, 2.45) is 0 Å². The van der Waals surface area contributed by atoms with Crippen LogP contribution in [-0.2, 0) is 54.8 Å². The quantitative estimate of drug-likeness (QED) is 0.0833. The zero-order valence-electron chi connectivity index (χ0n) is 34.0. The van der Waals surface area contributed by atoms with Gasteiger partial charge in [0.15, 0.2) is 35.4 Å². The molecule has 14 nitrogen and oxygen atoms in total. The molecule has 0 radical (unpaired) electrons. The Balaban J connectivity index is 1.25. The third-order valence-corrected chi connectivity index (χ3v) is 10.6. The number of methoxy groups -OCH3 is 1. The summed E-state index contributed by atoms with van der Waals surface area (Å²) in [7, 11) is 1.40. The normalized spacial score (nSPS) is 19.6. The number of ether oxygens (including phenoxy) is 8. The van der Waals surface area contributed by atoms with Crippen LogP contribution in [0.25, 0.3) is 11.1 Å². The topological polar surface area (TPSA) is 189 Å². The zero-order chi connectivity index (χ0) is 43.9. The van der Waals surface area contributed by atoms with Gasteiger partial charge in [0.05, 0.1) is 24.3 Å². The second-order valence-corrected chi connectivity index (χ2v) is 14.8. The monoisotopic (exact) mass is 856 g/mol. The minimum Gasteiger partial charge on any atom is -0.504 e. The third-order valence-electron chi connectivity index (χ3n) is 10.6. The van der Waals surface area contributed by atoms with E-state index in [2.05, 4.69) is 0 Å². The number of fused-ring (bicyclic) bond motifs is 4. The first-order chi connectivity index (χ1) is 30.7. The molecule has 1 fully saturated rings. The van der Waals surface area contributed by atoms with Crippen molar-refractivity contribution in [3.05, 3.63) is 167 Å². The predicted octanol–water partition coefficient (Wildman–Crippen LogP) is 7.57. The molecule has 2 aliphatic rings. The van der Waals surface area contributed by atoms with Crippen LogP contribution in [0.2, 0.25) is 0 Å². The fourth-order valence-corrected chi connectivity index (χ4v) is 7.51. The number of phenolic OH excluding ortho intramolecular Hbond substituents is 4. The zero-order valence-corrected chi connectivity index (χ0v) is 34.0. The van der Waals surface area contributed by atoms with Gasteiger partial charge in [-0.15, -0.1) is 0 Å². The lowest BCUT2D eigenvalue weighted by molar-refractivity contribution is -0.313. The van der Waals surface area contributed by atoms with Crippen LogP contribution in [0.1, 0.15) is 43.0 Å². The average Bonchev–Trinajstić information content (AvgIpc) is 3.32. The Labute approximate surface area is 362 Å². The molecule has 14 heteroatoms. The maximum atomic E-state index is 14.9. The Hall–Kier alpha value is -7.10. The fourth-order valence-electron chi connectivity index (χ4n) is 7.51. The summed E-state index contributed by atoms with van der Waals surface area (Å²) in [5.74, 6) is -6.24. The molecule has 6 aromatic carbocycles. The van der Waals surface area contributed by atoms with Crippen molar-refractivity contribution in [2.75, 3.05) is 13.7 Å². The molecule has 3 unspecified atom stereocenters. The smallest absolute Gasteiger partial charge is 0.339 e. The van der Waals surface area contributed by atoms with Crippen LogP contribution in [0.15, 0.2) is 133 Å². The summed E-state index contributed by atoms with van der Waals surface area (Å²) >= 11 is 0. The highest BCUT2D eigenvalue weighted by Gasteiger charge is 2.51. The standard InChI is InChI=1S/C49H44O14/c1-56-49-46(60-27-32-20-12-5-13-21-32)45(59-26-31-18-10-4-11-19-31)44-37(62-49)28-61-47(54)33-22-35(50)42(57-24-29-14-6-2-7-15-29)40(52)38(33)39-34(48(55)63-44)23-36(51)43(41(39)53)58-25-30-16-8-3-9-17-30/h2-23,37,44-46,49-53H,24-28H2,1H3/t37?,44-,45?,46?,49-/m1/s1. The van der Waals surface area contributed by atoms with Gasteiger partial charge in [0, 0.05) is 18.2 Å². The van der Waals surface area contributed by atoms with Gasteiger partial charge < -0.3 is 58.3 Å². The highest BCUT2D eigenvalue weighted by atomic mass is 16.7. The minimum atomic E-state index is -1.39. The number of cyclic esters (lactones) is 1. The molecule has 0 spiro atoms. The van der Waals surface area contributed by atoms with Crippen LogP contribution in [0.5, 0.6) is 34.5 Å². The maximum absolute atomic E-state index is 14.9. The van der Waals surface area contributed by atoms with E-state index in [-0.39, 0.29) is 26.4 Å². The lowest BCUT2D eigenvalue weighted by Gasteiger charge is -2.44. The van der Waals surface area contributed by atoms with E-state index >= 15 is 0 Å². The number of carbonyl (C=O) groups excluding carboxylic acids is 2. The van der Waals surface area contributed by atoms with Crippen molar-refractivity contribution in [2.45, 2.75) is 57.1 Å². The van der Waals surface area contributed by atoms with Gasteiger partial charge in [-0.05, 0) is 34.4 Å². The van der Waals surface area contributed by atoms with Crippen LogP contribution < -0.4 is 9.47 Å². The summed E-state index contributed by atoms with van der Waals surface area (Å²) in [6.45, 7) is -0.715. The summed E-state index contributed by atoms with van der Waals surface area (Å²) in [6, 6.07) is 38.3. The van der Waals surface area contributed by atoms with E-state index in [1.807, 2.05) is 60.7 Å².